The Kier molecular flexibility index (Phi) is 4.90. The first-order chi connectivity index (χ1) is 9.65. The second kappa shape index (κ2) is 6.86. The Morgan fingerprint density at radius 1 is 1.20 bits per heavy atom. The molecular weight excluding hydrogens is 274 g/mol. The van der Waals surface area contributed by atoms with E-state index in [4.69, 9.17) is 4.74 Å². The van der Waals surface area contributed by atoms with E-state index in [0.717, 1.165) is 4.90 Å². The lowest BCUT2D eigenvalue weighted by atomic mass is 10.1. The molecule has 0 radical (unpaired) electrons. The summed E-state index contributed by atoms with van der Waals surface area (Å²) < 4.78 is 5.20. The average Bonchev–Trinajstić information content (AvgIpc) is 2.46. The van der Waals surface area contributed by atoms with Crippen molar-refractivity contribution in [2.45, 2.75) is 11.8 Å². The van der Waals surface area contributed by atoms with Crippen LogP contribution in [0.25, 0.3) is 0 Å². The highest BCUT2D eigenvalue weighted by molar-refractivity contribution is 8.00. The Labute approximate surface area is 121 Å². The van der Waals surface area contributed by atoms with Crippen molar-refractivity contribution in [1.29, 1.82) is 0 Å². The number of Topliss-reactive ketones (excluding diaryl/α,β-unsaturated/α-hetero) is 1. The Hall–Kier alpha value is -2.14. The number of esters is 1. The van der Waals surface area contributed by atoms with Gasteiger partial charge in [0.1, 0.15) is 5.75 Å². The van der Waals surface area contributed by atoms with E-state index < -0.39 is 0 Å². The van der Waals surface area contributed by atoms with Crippen LogP contribution < -0.4 is 4.74 Å². The molecule has 0 spiro atoms. The van der Waals surface area contributed by atoms with Crippen LogP contribution in [0.4, 0.5) is 0 Å². The Morgan fingerprint density at radius 2 is 1.95 bits per heavy atom. The van der Waals surface area contributed by atoms with Crippen molar-refractivity contribution in [3.8, 4) is 5.75 Å². The van der Waals surface area contributed by atoms with E-state index in [2.05, 4.69) is 4.98 Å². The summed E-state index contributed by atoms with van der Waals surface area (Å²) in [6, 6.07) is 10.3. The van der Waals surface area contributed by atoms with Crippen LogP contribution in [0.1, 0.15) is 17.3 Å². The highest BCUT2D eigenvalue weighted by Crippen LogP contribution is 2.18. The third-order valence-corrected chi connectivity index (χ3v) is 3.46. The lowest BCUT2D eigenvalue weighted by molar-refractivity contribution is -0.131. The zero-order valence-electron chi connectivity index (χ0n) is 10.9. The summed E-state index contributed by atoms with van der Waals surface area (Å²) in [5.74, 6) is 0.175. The van der Waals surface area contributed by atoms with E-state index in [9.17, 15) is 9.59 Å². The van der Waals surface area contributed by atoms with Gasteiger partial charge in [0.2, 0.25) is 0 Å². The fourth-order valence-electron chi connectivity index (χ4n) is 1.52. The third kappa shape index (κ3) is 4.20. The Morgan fingerprint density at radius 3 is 2.65 bits per heavy atom. The van der Waals surface area contributed by atoms with E-state index in [1.807, 2.05) is 12.1 Å². The zero-order valence-corrected chi connectivity index (χ0v) is 11.7. The van der Waals surface area contributed by atoms with Crippen LogP contribution >= 0.6 is 11.8 Å². The topological polar surface area (TPSA) is 56.3 Å². The van der Waals surface area contributed by atoms with E-state index in [1.54, 1.807) is 36.7 Å². The van der Waals surface area contributed by atoms with Gasteiger partial charge in [-0.3, -0.25) is 14.6 Å². The summed E-state index contributed by atoms with van der Waals surface area (Å²) >= 11 is 1.38. The van der Waals surface area contributed by atoms with Gasteiger partial charge in [-0.15, -0.1) is 11.8 Å². The summed E-state index contributed by atoms with van der Waals surface area (Å²) in [7, 11) is 0. The van der Waals surface area contributed by atoms with Crippen molar-refractivity contribution >= 4 is 23.5 Å². The monoisotopic (exact) mass is 287 g/mol. The van der Waals surface area contributed by atoms with Gasteiger partial charge in [-0.2, -0.15) is 0 Å². The smallest absolute Gasteiger partial charge is 0.321 e. The number of thioether (sulfide) groups is 1. The number of ketones is 1. The number of nitrogens with zero attached hydrogens (tertiary/aromatic N) is 1. The lowest BCUT2D eigenvalue weighted by Gasteiger charge is -2.05. The molecule has 0 bridgehead atoms. The Bertz CT molecular complexity index is 614. The minimum Gasteiger partial charge on any atom is -0.426 e. The van der Waals surface area contributed by atoms with Gasteiger partial charge in [-0.1, -0.05) is 12.1 Å². The minimum atomic E-state index is -0.354. The van der Waals surface area contributed by atoms with Crippen molar-refractivity contribution < 1.29 is 14.3 Å². The molecule has 4 nitrogen and oxygen atoms in total. The Balaban J connectivity index is 1.91. The molecule has 0 unspecified atom stereocenters. The van der Waals surface area contributed by atoms with Crippen LogP contribution in [0, 0.1) is 0 Å². The fraction of sp³-hybridized carbons (Fsp3) is 0.133. The van der Waals surface area contributed by atoms with Crippen molar-refractivity contribution in [3.05, 3.63) is 54.4 Å². The number of hydrogen-bond acceptors (Lipinski definition) is 5. The fourth-order valence-corrected chi connectivity index (χ4v) is 2.17. The maximum Gasteiger partial charge on any atom is 0.321 e. The average molecular weight is 287 g/mol. The molecule has 0 atom stereocenters. The second-order valence-electron chi connectivity index (χ2n) is 4.03. The first-order valence-electron chi connectivity index (χ1n) is 5.99. The van der Waals surface area contributed by atoms with Crippen LogP contribution in [-0.4, -0.2) is 22.5 Å². The molecule has 0 N–H and O–H groups in total. The highest BCUT2D eigenvalue weighted by atomic mass is 32.2. The van der Waals surface area contributed by atoms with Gasteiger partial charge < -0.3 is 4.74 Å². The number of carbonyl (C=O) groups is 2. The predicted molar refractivity (Wildman–Crippen MR) is 77.0 cm³/mol. The van der Waals surface area contributed by atoms with Crippen LogP contribution in [0.2, 0.25) is 0 Å². The molecule has 0 fully saturated rings. The van der Waals surface area contributed by atoms with Gasteiger partial charge in [0, 0.05) is 22.9 Å². The molecule has 1 heterocycles. The van der Waals surface area contributed by atoms with Crippen molar-refractivity contribution in [1.82, 2.24) is 4.98 Å². The normalized spacial score (nSPS) is 10.1. The maximum atomic E-state index is 11.7. The van der Waals surface area contributed by atoms with Gasteiger partial charge in [-0.25, -0.2) is 0 Å². The number of pyridine rings is 1. The summed E-state index contributed by atoms with van der Waals surface area (Å²) in [4.78, 5) is 27.8. The molecular formula is C15H13NO3S. The zero-order chi connectivity index (χ0) is 14.4. The molecule has 0 saturated carbocycles. The van der Waals surface area contributed by atoms with Gasteiger partial charge in [-0.05, 0) is 31.2 Å². The highest BCUT2D eigenvalue weighted by Gasteiger charge is 2.07. The number of aromatic nitrogens is 1. The second-order valence-corrected chi connectivity index (χ2v) is 5.08. The molecule has 1 aromatic carbocycles. The standard InChI is InChI=1S/C15H13NO3S/c1-11(17)12-3-2-4-13(9-12)19-15(18)10-20-14-5-7-16-8-6-14/h2-9H,10H2,1H3. The van der Waals surface area contributed by atoms with Gasteiger partial charge in [0.15, 0.2) is 5.78 Å². The van der Waals surface area contributed by atoms with Gasteiger partial charge in [0.25, 0.3) is 0 Å². The number of ether oxygens (including phenoxy) is 1. The van der Waals surface area contributed by atoms with Gasteiger partial charge in [0.05, 0.1) is 5.75 Å². The molecule has 1 aromatic heterocycles. The summed E-state index contributed by atoms with van der Waals surface area (Å²) in [6.45, 7) is 1.47. The van der Waals surface area contributed by atoms with E-state index in [0.29, 0.717) is 11.3 Å². The molecule has 0 aliphatic rings. The summed E-state index contributed by atoms with van der Waals surface area (Å²) in [6.07, 6.45) is 3.34. The number of rotatable bonds is 5. The van der Waals surface area contributed by atoms with Crippen molar-refractivity contribution in [2.75, 3.05) is 5.75 Å². The summed E-state index contributed by atoms with van der Waals surface area (Å²) in [5.41, 5.74) is 0.525. The van der Waals surface area contributed by atoms with Crippen molar-refractivity contribution in [2.24, 2.45) is 0 Å². The summed E-state index contributed by atoms with van der Waals surface area (Å²) in [5, 5.41) is 0. The van der Waals surface area contributed by atoms with Crippen LogP contribution in [0.3, 0.4) is 0 Å². The maximum absolute atomic E-state index is 11.7. The molecule has 0 saturated heterocycles. The molecule has 0 aliphatic heterocycles. The van der Waals surface area contributed by atoms with Crippen LogP contribution in [0.5, 0.6) is 5.75 Å². The first-order valence-corrected chi connectivity index (χ1v) is 6.98. The third-order valence-electron chi connectivity index (χ3n) is 2.48. The van der Waals surface area contributed by atoms with Gasteiger partial charge >= 0.3 is 5.97 Å². The minimum absolute atomic E-state index is 0.0611. The van der Waals surface area contributed by atoms with E-state index >= 15 is 0 Å². The molecule has 102 valence electrons. The lowest BCUT2D eigenvalue weighted by Crippen LogP contribution is -2.11. The van der Waals surface area contributed by atoms with Crippen molar-refractivity contribution in [3.63, 3.8) is 0 Å². The molecule has 0 aliphatic carbocycles. The molecule has 20 heavy (non-hydrogen) atoms. The first kappa shape index (κ1) is 14.3. The number of benzene rings is 1. The number of carbonyl (C=O) groups excluding carboxylic acids is 2. The van der Waals surface area contributed by atoms with Crippen LogP contribution in [-0.2, 0) is 4.79 Å². The van der Waals surface area contributed by atoms with Crippen LogP contribution in [0.15, 0.2) is 53.7 Å². The SMILES string of the molecule is CC(=O)c1cccc(OC(=O)CSc2ccncc2)c1. The van der Waals surface area contributed by atoms with E-state index in [1.165, 1.54) is 18.7 Å². The number of hydrogen-bond donors (Lipinski definition) is 0. The molecule has 0 amide bonds. The molecule has 5 heteroatoms. The largest absolute Gasteiger partial charge is 0.426 e. The molecule has 2 rings (SSSR count). The predicted octanol–water partition coefficient (Wildman–Crippen LogP) is 2.98. The quantitative estimate of drug-likeness (QED) is 0.366. The molecule has 2 aromatic rings. The van der Waals surface area contributed by atoms with E-state index in [-0.39, 0.29) is 17.5 Å².